The SMILES string of the molecule is Cn1c2c(c(=O)n(CCOCCO)c1=O)CCC(Cc1cccc(OC(F)(F)F)c1)C(Oc1cccc(OC(F)(F)F)c1)=N2. The molecule has 1 atom stereocenters. The van der Waals surface area contributed by atoms with E-state index in [-0.39, 0.29) is 68.7 Å². The van der Waals surface area contributed by atoms with E-state index in [1.165, 1.54) is 31.3 Å². The van der Waals surface area contributed by atoms with Crippen LogP contribution in [0.25, 0.3) is 0 Å². The van der Waals surface area contributed by atoms with Gasteiger partial charge in [-0.15, -0.1) is 26.3 Å². The lowest BCUT2D eigenvalue weighted by Gasteiger charge is -2.19. The van der Waals surface area contributed by atoms with Gasteiger partial charge in [-0.1, -0.05) is 18.2 Å². The second-order valence-corrected chi connectivity index (χ2v) is 9.65. The van der Waals surface area contributed by atoms with E-state index >= 15 is 0 Å². The van der Waals surface area contributed by atoms with Crippen molar-refractivity contribution in [1.29, 1.82) is 0 Å². The van der Waals surface area contributed by atoms with E-state index in [9.17, 15) is 35.9 Å². The molecule has 2 heterocycles. The van der Waals surface area contributed by atoms with Crippen LogP contribution in [0.3, 0.4) is 0 Å². The van der Waals surface area contributed by atoms with Crippen LogP contribution in [0.5, 0.6) is 17.2 Å². The van der Waals surface area contributed by atoms with Crippen LogP contribution in [0.15, 0.2) is 63.1 Å². The highest BCUT2D eigenvalue weighted by Gasteiger charge is 2.33. The predicted octanol–water partition coefficient (Wildman–Crippen LogP) is 4.27. The molecule has 2 aromatic carbocycles. The van der Waals surface area contributed by atoms with Gasteiger partial charge in [-0.05, 0) is 49.1 Å². The number of aliphatic hydroxyl groups is 1. The summed E-state index contributed by atoms with van der Waals surface area (Å²) in [6.45, 7) is -0.363. The van der Waals surface area contributed by atoms with E-state index in [2.05, 4.69) is 14.5 Å². The second-order valence-electron chi connectivity index (χ2n) is 9.65. The number of hydrogen-bond donors (Lipinski definition) is 1. The number of alkyl halides is 6. The van der Waals surface area contributed by atoms with Gasteiger partial charge in [-0.2, -0.15) is 4.99 Å². The summed E-state index contributed by atoms with van der Waals surface area (Å²) < 4.78 is 98.0. The summed E-state index contributed by atoms with van der Waals surface area (Å²) in [5.74, 6) is -1.97. The molecule has 10 nitrogen and oxygen atoms in total. The quantitative estimate of drug-likeness (QED) is 0.263. The number of ether oxygens (including phenoxy) is 4. The van der Waals surface area contributed by atoms with Gasteiger partial charge in [0.1, 0.15) is 23.1 Å². The number of aliphatic hydroxyl groups excluding tert-OH is 1. The Morgan fingerprint density at radius 3 is 2.23 bits per heavy atom. The third kappa shape index (κ3) is 8.63. The van der Waals surface area contributed by atoms with Crippen LogP contribution >= 0.6 is 0 Å². The Hall–Kier alpha value is -4.31. The van der Waals surface area contributed by atoms with Gasteiger partial charge >= 0.3 is 18.4 Å². The molecular formula is C28H27F6N3O7. The van der Waals surface area contributed by atoms with Gasteiger partial charge in [0.25, 0.3) is 5.56 Å². The molecule has 0 fully saturated rings. The standard InChI is InChI=1S/C28H27F6N3O7/c1-36-23-22(25(39)37(26(36)40)10-12-41-13-11-38)9-8-18(14-17-4-2-6-20(15-17)43-27(29,30)31)24(35-23)42-19-5-3-7-21(16-19)44-28(32,33)34/h2-7,15-16,18,38H,8-14H2,1H3. The number of fused-ring (bicyclic) bond motifs is 1. The van der Waals surface area contributed by atoms with Crippen molar-refractivity contribution < 1.29 is 50.4 Å². The first kappa shape index (κ1) is 32.6. The van der Waals surface area contributed by atoms with Crippen LogP contribution in [-0.4, -0.2) is 52.7 Å². The molecule has 0 bridgehead atoms. The zero-order chi connectivity index (χ0) is 32.1. The highest BCUT2D eigenvalue weighted by molar-refractivity contribution is 5.84. The summed E-state index contributed by atoms with van der Waals surface area (Å²) in [6, 6.07) is 9.84. The average molecular weight is 632 g/mol. The van der Waals surface area contributed by atoms with E-state index in [1.807, 2.05) is 0 Å². The van der Waals surface area contributed by atoms with Gasteiger partial charge in [0.2, 0.25) is 0 Å². The molecule has 0 saturated heterocycles. The fourth-order valence-corrected chi connectivity index (χ4v) is 4.64. The average Bonchev–Trinajstić information content (AvgIpc) is 3.10. The molecule has 1 aromatic heterocycles. The highest BCUT2D eigenvalue weighted by Crippen LogP contribution is 2.31. The summed E-state index contributed by atoms with van der Waals surface area (Å²) in [5, 5.41) is 8.90. The molecule has 3 aromatic rings. The van der Waals surface area contributed by atoms with Gasteiger partial charge in [0.15, 0.2) is 5.90 Å². The molecule has 0 saturated carbocycles. The normalized spacial score (nSPS) is 15.3. The van der Waals surface area contributed by atoms with Gasteiger partial charge in [-0.3, -0.25) is 13.9 Å². The predicted molar refractivity (Wildman–Crippen MR) is 143 cm³/mol. The lowest BCUT2D eigenvalue weighted by molar-refractivity contribution is -0.275. The first-order chi connectivity index (χ1) is 20.7. The summed E-state index contributed by atoms with van der Waals surface area (Å²) in [7, 11) is 1.38. The van der Waals surface area contributed by atoms with E-state index in [0.717, 1.165) is 27.3 Å². The Bertz CT molecular complexity index is 1610. The molecule has 0 aliphatic carbocycles. The summed E-state index contributed by atoms with van der Waals surface area (Å²) in [4.78, 5) is 30.9. The van der Waals surface area contributed by atoms with Gasteiger partial charge in [-0.25, -0.2) is 4.79 Å². The Morgan fingerprint density at radius 1 is 0.932 bits per heavy atom. The third-order valence-corrected chi connectivity index (χ3v) is 6.49. The molecule has 1 N–H and O–H groups in total. The van der Waals surface area contributed by atoms with Crippen molar-refractivity contribution in [2.45, 2.75) is 38.5 Å². The Balaban J connectivity index is 1.74. The van der Waals surface area contributed by atoms with Crippen molar-refractivity contribution in [3.05, 3.63) is 80.5 Å². The van der Waals surface area contributed by atoms with Crippen molar-refractivity contribution in [3.8, 4) is 17.2 Å². The number of aliphatic imine (C=N–C) groups is 1. The van der Waals surface area contributed by atoms with E-state index in [1.54, 1.807) is 6.07 Å². The van der Waals surface area contributed by atoms with Crippen LogP contribution in [0.1, 0.15) is 17.5 Å². The molecule has 1 aliphatic rings. The Labute approximate surface area is 245 Å². The minimum Gasteiger partial charge on any atom is -0.442 e. The molecule has 238 valence electrons. The van der Waals surface area contributed by atoms with E-state index in [0.29, 0.717) is 5.56 Å². The number of halogens is 6. The summed E-state index contributed by atoms with van der Waals surface area (Å²) in [6.07, 6.45) is -9.60. The third-order valence-electron chi connectivity index (χ3n) is 6.49. The minimum atomic E-state index is -4.97. The number of aromatic nitrogens is 2. The second kappa shape index (κ2) is 13.5. The van der Waals surface area contributed by atoms with Gasteiger partial charge < -0.3 is 24.1 Å². The van der Waals surface area contributed by atoms with Crippen molar-refractivity contribution in [1.82, 2.24) is 9.13 Å². The lowest BCUT2D eigenvalue weighted by atomic mass is 9.93. The lowest BCUT2D eigenvalue weighted by Crippen LogP contribution is -2.41. The highest BCUT2D eigenvalue weighted by atomic mass is 19.4. The maximum Gasteiger partial charge on any atom is 0.573 e. The van der Waals surface area contributed by atoms with E-state index in [4.69, 9.17) is 14.6 Å². The Kier molecular flexibility index (Phi) is 10.0. The van der Waals surface area contributed by atoms with Crippen LogP contribution < -0.4 is 25.5 Å². The van der Waals surface area contributed by atoms with Crippen LogP contribution in [0.2, 0.25) is 0 Å². The smallest absolute Gasteiger partial charge is 0.442 e. The molecule has 0 radical (unpaired) electrons. The van der Waals surface area contributed by atoms with Crippen molar-refractivity contribution in [3.63, 3.8) is 0 Å². The maximum absolute atomic E-state index is 13.4. The monoisotopic (exact) mass is 631 g/mol. The van der Waals surface area contributed by atoms with Gasteiger partial charge in [0, 0.05) is 19.0 Å². The number of hydrogen-bond acceptors (Lipinski definition) is 8. The zero-order valence-electron chi connectivity index (χ0n) is 23.2. The van der Waals surface area contributed by atoms with Crippen LogP contribution in [0.4, 0.5) is 32.2 Å². The number of rotatable bonds is 10. The maximum atomic E-state index is 13.4. The van der Waals surface area contributed by atoms with Crippen molar-refractivity contribution >= 4 is 11.7 Å². The van der Waals surface area contributed by atoms with Crippen LogP contribution in [0, 0.1) is 5.92 Å². The van der Waals surface area contributed by atoms with E-state index < -0.39 is 41.4 Å². The molecule has 44 heavy (non-hydrogen) atoms. The van der Waals surface area contributed by atoms with Crippen molar-refractivity contribution in [2.24, 2.45) is 18.0 Å². The number of nitrogens with zero attached hydrogens (tertiary/aromatic N) is 3. The fraction of sp³-hybridized carbons (Fsp3) is 0.393. The fourth-order valence-electron chi connectivity index (χ4n) is 4.64. The first-order valence-corrected chi connectivity index (χ1v) is 13.2. The zero-order valence-corrected chi connectivity index (χ0v) is 23.2. The molecule has 0 spiro atoms. The molecule has 0 amide bonds. The summed E-state index contributed by atoms with van der Waals surface area (Å²) in [5.41, 5.74) is -0.817. The number of benzene rings is 2. The summed E-state index contributed by atoms with van der Waals surface area (Å²) >= 11 is 0. The molecule has 4 rings (SSSR count). The Morgan fingerprint density at radius 2 is 1.57 bits per heavy atom. The minimum absolute atomic E-state index is 0.0110. The topological polar surface area (TPSA) is 114 Å². The molecule has 16 heteroatoms. The molecule has 1 aliphatic heterocycles. The van der Waals surface area contributed by atoms with Crippen LogP contribution in [-0.2, 0) is 31.2 Å². The molecular weight excluding hydrogens is 604 g/mol. The van der Waals surface area contributed by atoms with Crippen molar-refractivity contribution in [2.75, 3.05) is 19.8 Å². The van der Waals surface area contributed by atoms with Gasteiger partial charge in [0.05, 0.1) is 31.9 Å². The largest absolute Gasteiger partial charge is 0.573 e. The molecule has 1 unspecified atom stereocenters. The first-order valence-electron chi connectivity index (χ1n) is 13.2.